The van der Waals surface area contributed by atoms with E-state index < -0.39 is 8.07 Å². The molecular formula is C11H22Si. The van der Waals surface area contributed by atoms with Crippen LogP contribution in [-0.4, -0.2) is 8.07 Å². The third-order valence-electron chi connectivity index (χ3n) is 2.99. The molecule has 0 bridgehead atoms. The highest BCUT2D eigenvalue weighted by molar-refractivity contribution is 6.77. The van der Waals surface area contributed by atoms with Gasteiger partial charge in [-0.15, -0.1) is 0 Å². The van der Waals surface area contributed by atoms with Gasteiger partial charge in [0, 0.05) is 8.07 Å². The average Bonchev–Trinajstić information content (AvgIpc) is 1.83. The maximum Gasteiger partial charge on any atom is 0.0477 e. The molecule has 0 radical (unpaired) electrons. The number of hydrogen-bond donors (Lipinski definition) is 0. The van der Waals surface area contributed by atoms with Crippen molar-refractivity contribution in [3.05, 3.63) is 12.2 Å². The van der Waals surface area contributed by atoms with Gasteiger partial charge in [-0.2, -0.15) is 0 Å². The molecule has 0 aromatic carbocycles. The van der Waals surface area contributed by atoms with Crippen molar-refractivity contribution < 1.29 is 0 Å². The molecule has 0 spiro atoms. The van der Waals surface area contributed by atoms with Crippen molar-refractivity contribution in [1.82, 2.24) is 0 Å². The predicted octanol–water partition coefficient (Wildman–Crippen LogP) is 4.07. The molecule has 1 heteroatoms. The van der Waals surface area contributed by atoms with Gasteiger partial charge in [-0.1, -0.05) is 45.6 Å². The third-order valence-corrected chi connectivity index (χ3v) is 5.88. The van der Waals surface area contributed by atoms with E-state index in [4.69, 9.17) is 0 Å². The van der Waals surface area contributed by atoms with Crippen LogP contribution in [0.2, 0.25) is 25.2 Å². The molecule has 0 aromatic rings. The minimum atomic E-state index is -0.896. The minimum Gasteiger partial charge on any atom is -0.0880 e. The summed E-state index contributed by atoms with van der Waals surface area (Å²) in [6.07, 6.45) is 7.52. The highest BCUT2D eigenvalue weighted by atomic mass is 28.3. The van der Waals surface area contributed by atoms with Crippen LogP contribution in [0.25, 0.3) is 0 Å². The van der Waals surface area contributed by atoms with Crippen LogP contribution in [0, 0.1) is 5.41 Å². The first-order valence-electron chi connectivity index (χ1n) is 4.99. The van der Waals surface area contributed by atoms with Gasteiger partial charge in [-0.05, 0) is 23.8 Å². The van der Waals surface area contributed by atoms with E-state index in [1.807, 2.05) is 0 Å². The van der Waals surface area contributed by atoms with Crippen molar-refractivity contribution in [2.75, 3.05) is 0 Å². The summed E-state index contributed by atoms with van der Waals surface area (Å²) in [6.45, 7) is 12.2. The summed E-state index contributed by atoms with van der Waals surface area (Å²) in [5.74, 6) is 0. The van der Waals surface area contributed by atoms with E-state index in [9.17, 15) is 0 Å². The molecule has 0 saturated heterocycles. The largest absolute Gasteiger partial charge is 0.0880 e. The Balaban J connectivity index is 2.69. The lowest BCUT2D eigenvalue weighted by molar-refractivity contribution is 0.400. The van der Waals surface area contributed by atoms with Crippen LogP contribution in [0.4, 0.5) is 0 Å². The lowest BCUT2D eigenvalue weighted by atomic mass is 9.83. The lowest BCUT2D eigenvalue weighted by Crippen LogP contribution is -2.32. The van der Waals surface area contributed by atoms with Crippen LogP contribution in [0.5, 0.6) is 0 Å². The first-order valence-corrected chi connectivity index (χ1v) is 8.57. The van der Waals surface area contributed by atoms with E-state index in [0.717, 1.165) is 5.54 Å². The van der Waals surface area contributed by atoms with Gasteiger partial charge in [-0.3, -0.25) is 0 Å². The van der Waals surface area contributed by atoms with Crippen molar-refractivity contribution >= 4 is 8.07 Å². The summed E-state index contributed by atoms with van der Waals surface area (Å²) < 4.78 is 0. The summed E-state index contributed by atoms with van der Waals surface area (Å²) in [6, 6.07) is 0. The molecule has 0 fully saturated rings. The van der Waals surface area contributed by atoms with Crippen LogP contribution in [0.1, 0.15) is 26.7 Å². The van der Waals surface area contributed by atoms with Gasteiger partial charge in [0.25, 0.3) is 0 Å². The average molecular weight is 182 g/mol. The second kappa shape index (κ2) is 3.02. The smallest absolute Gasteiger partial charge is 0.0477 e. The third kappa shape index (κ3) is 2.48. The summed E-state index contributed by atoms with van der Waals surface area (Å²) in [4.78, 5) is 0. The molecule has 1 unspecified atom stereocenters. The van der Waals surface area contributed by atoms with E-state index in [1.54, 1.807) is 0 Å². The van der Waals surface area contributed by atoms with Crippen molar-refractivity contribution in [2.45, 2.75) is 51.9 Å². The standard InChI is InChI=1S/C11H22Si/c1-11(2)8-6-7-10(9-11)12(3,4)5/h6,8,10H,7,9H2,1-5H3. The normalized spacial score (nSPS) is 28.9. The van der Waals surface area contributed by atoms with Gasteiger partial charge in [0.2, 0.25) is 0 Å². The summed E-state index contributed by atoms with van der Waals surface area (Å²) in [5, 5.41) is 0. The molecule has 0 aliphatic heterocycles. The Morgan fingerprint density at radius 1 is 1.25 bits per heavy atom. The molecule has 0 N–H and O–H groups in total. The second-order valence-electron chi connectivity index (χ2n) is 5.89. The van der Waals surface area contributed by atoms with Crippen molar-refractivity contribution in [3.63, 3.8) is 0 Å². The summed E-state index contributed by atoms with van der Waals surface area (Å²) in [7, 11) is -0.896. The second-order valence-corrected chi connectivity index (χ2v) is 11.4. The first kappa shape index (κ1) is 10.0. The summed E-state index contributed by atoms with van der Waals surface area (Å²) in [5.41, 5.74) is 1.46. The molecule has 1 rings (SSSR count). The molecule has 0 nitrogen and oxygen atoms in total. The zero-order chi connectivity index (χ0) is 9.41. The van der Waals surface area contributed by atoms with Crippen LogP contribution < -0.4 is 0 Å². The Labute approximate surface area is 78.1 Å². The Morgan fingerprint density at radius 2 is 1.83 bits per heavy atom. The van der Waals surface area contributed by atoms with Gasteiger partial charge in [-0.25, -0.2) is 0 Å². The zero-order valence-corrected chi connectivity index (χ0v) is 10.1. The van der Waals surface area contributed by atoms with Gasteiger partial charge in [0.1, 0.15) is 0 Å². The highest BCUT2D eigenvalue weighted by Crippen LogP contribution is 2.42. The lowest BCUT2D eigenvalue weighted by Gasteiger charge is -2.37. The molecule has 0 aromatic heterocycles. The predicted molar refractivity (Wildman–Crippen MR) is 59.3 cm³/mol. The Kier molecular flexibility index (Phi) is 2.53. The molecule has 1 atom stereocenters. The first-order chi connectivity index (χ1) is 5.31. The number of hydrogen-bond acceptors (Lipinski definition) is 0. The molecule has 0 heterocycles. The fourth-order valence-corrected chi connectivity index (χ4v) is 3.98. The molecule has 70 valence electrons. The fraction of sp³-hybridized carbons (Fsp3) is 0.818. The quantitative estimate of drug-likeness (QED) is 0.423. The fourth-order valence-electron chi connectivity index (χ4n) is 2.00. The van der Waals surface area contributed by atoms with Crippen LogP contribution in [-0.2, 0) is 0 Å². The van der Waals surface area contributed by atoms with E-state index in [-0.39, 0.29) is 0 Å². The monoisotopic (exact) mass is 182 g/mol. The Hall–Kier alpha value is -0.0431. The molecule has 1 aliphatic rings. The maximum atomic E-state index is 2.49. The van der Waals surface area contributed by atoms with Crippen LogP contribution >= 0.6 is 0 Å². The summed E-state index contributed by atoms with van der Waals surface area (Å²) >= 11 is 0. The topological polar surface area (TPSA) is 0 Å². The molecule has 12 heavy (non-hydrogen) atoms. The Bertz CT molecular complexity index is 184. The van der Waals surface area contributed by atoms with Gasteiger partial charge in [0.15, 0.2) is 0 Å². The van der Waals surface area contributed by atoms with E-state index >= 15 is 0 Å². The maximum absolute atomic E-state index is 2.49. The van der Waals surface area contributed by atoms with Crippen LogP contribution in [0.3, 0.4) is 0 Å². The molecular weight excluding hydrogens is 160 g/mol. The van der Waals surface area contributed by atoms with Gasteiger partial charge < -0.3 is 0 Å². The Morgan fingerprint density at radius 3 is 2.17 bits per heavy atom. The number of rotatable bonds is 1. The van der Waals surface area contributed by atoms with Crippen LogP contribution in [0.15, 0.2) is 12.2 Å². The van der Waals surface area contributed by atoms with E-state index in [1.165, 1.54) is 12.8 Å². The van der Waals surface area contributed by atoms with Gasteiger partial charge in [0.05, 0.1) is 0 Å². The van der Waals surface area contributed by atoms with E-state index in [2.05, 4.69) is 45.6 Å². The van der Waals surface area contributed by atoms with Crippen molar-refractivity contribution in [2.24, 2.45) is 5.41 Å². The SMILES string of the molecule is CC1(C)C=CCC([Si](C)(C)C)C1. The minimum absolute atomic E-state index is 0.462. The van der Waals surface area contributed by atoms with E-state index in [0.29, 0.717) is 5.41 Å². The molecule has 1 aliphatic carbocycles. The van der Waals surface area contributed by atoms with Crippen molar-refractivity contribution in [3.8, 4) is 0 Å². The highest BCUT2D eigenvalue weighted by Gasteiger charge is 2.32. The number of allylic oxidation sites excluding steroid dienone is 2. The molecule has 0 amide bonds. The van der Waals surface area contributed by atoms with Gasteiger partial charge >= 0.3 is 0 Å². The van der Waals surface area contributed by atoms with Crippen molar-refractivity contribution in [1.29, 1.82) is 0 Å². The molecule has 0 saturated carbocycles. The zero-order valence-electron chi connectivity index (χ0n) is 9.15.